The van der Waals surface area contributed by atoms with E-state index in [1.165, 1.54) is 6.42 Å². The molecule has 17 heavy (non-hydrogen) atoms. The van der Waals surface area contributed by atoms with Crippen molar-refractivity contribution in [3.63, 3.8) is 0 Å². The first-order chi connectivity index (χ1) is 8.19. The highest BCUT2D eigenvalue weighted by Crippen LogP contribution is 2.22. The molecule has 0 aromatic rings. The van der Waals surface area contributed by atoms with Crippen molar-refractivity contribution in [2.75, 3.05) is 6.61 Å². The van der Waals surface area contributed by atoms with Gasteiger partial charge < -0.3 is 16.2 Å². The lowest BCUT2D eigenvalue weighted by atomic mass is 9.94. The molecule has 100 valence electrons. The molecule has 1 saturated carbocycles. The predicted molar refractivity (Wildman–Crippen MR) is 68.5 cm³/mol. The molecule has 1 rings (SSSR count). The number of hydrogen-bond acceptors (Lipinski definition) is 3. The van der Waals surface area contributed by atoms with E-state index >= 15 is 0 Å². The highest BCUT2D eigenvalue weighted by atomic mass is 16.3. The molecule has 3 atom stereocenters. The van der Waals surface area contributed by atoms with E-state index in [1.54, 1.807) is 0 Å². The summed E-state index contributed by atoms with van der Waals surface area (Å²) in [6, 6.07) is 0.0899. The minimum Gasteiger partial charge on any atom is -0.396 e. The van der Waals surface area contributed by atoms with Gasteiger partial charge >= 0.3 is 0 Å². The molecule has 0 aromatic carbocycles. The summed E-state index contributed by atoms with van der Waals surface area (Å²) in [6.07, 6.45) is 6.77. The zero-order valence-corrected chi connectivity index (χ0v) is 10.8. The second kappa shape index (κ2) is 7.67. The van der Waals surface area contributed by atoms with Gasteiger partial charge in [0.15, 0.2) is 0 Å². The molecule has 3 unspecified atom stereocenters. The van der Waals surface area contributed by atoms with E-state index in [-0.39, 0.29) is 30.5 Å². The molecule has 0 bridgehead atoms. The molecule has 4 heteroatoms. The Hall–Kier alpha value is -0.610. The zero-order chi connectivity index (χ0) is 12.7. The summed E-state index contributed by atoms with van der Waals surface area (Å²) in [5, 5.41) is 11.9. The first-order valence-electron chi connectivity index (χ1n) is 6.85. The largest absolute Gasteiger partial charge is 0.396 e. The van der Waals surface area contributed by atoms with Crippen molar-refractivity contribution in [3.8, 4) is 0 Å². The van der Waals surface area contributed by atoms with Crippen LogP contribution in [0.5, 0.6) is 0 Å². The summed E-state index contributed by atoms with van der Waals surface area (Å²) in [4.78, 5) is 12.1. The van der Waals surface area contributed by atoms with Gasteiger partial charge in [0.2, 0.25) is 5.91 Å². The lowest BCUT2D eigenvalue weighted by molar-refractivity contribution is -0.126. The predicted octanol–water partition coefficient (Wildman–Crippen LogP) is 1.17. The molecule has 1 aliphatic rings. The lowest BCUT2D eigenvalue weighted by Crippen LogP contribution is -2.45. The molecule has 0 saturated heterocycles. The highest BCUT2D eigenvalue weighted by molar-refractivity contribution is 5.79. The van der Waals surface area contributed by atoms with Gasteiger partial charge in [0.1, 0.15) is 0 Å². The minimum atomic E-state index is -0.0368. The average molecular weight is 242 g/mol. The number of carbonyl (C=O) groups is 1. The molecule has 1 amide bonds. The van der Waals surface area contributed by atoms with Crippen LogP contribution in [0.25, 0.3) is 0 Å². The van der Waals surface area contributed by atoms with Crippen LogP contribution < -0.4 is 11.1 Å². The quantitative estimate of drug-likeness (QED) is 0.633. The third kappa shape index (κ3) is 4.64. The maximum absolute atomic E-state index is 12.1. The fourth-order valence-electron chi connectivity index (χ4n) is 2.50. The Morgan fingerprint density at radius 2 is 2.12 bits per heavy atom. The van der Waals surface area contributed by atoms with E-state index < -0.39 is 0 Å². The first-order valence-corrected chi connectivity index (χ1v) is 6.85. The van der Waals surface area contributed by atoms with E-state index in [0.717, 1.165) is 32.1 Å². The normalized spacial score (nSPS) is 27.2. The fraction of sp³-hybridized carbons (Fsp3) is 0.923. The van der Waals surface area contributed by atoms with E-state index in [1.807, 2.05) is 6.92 Å². The zero-order valence-electron chi connectivity index (χ0n) is 10.8. The van der Waals surface area contributed by atoms with Crippen LogP contribution in [-0.4, -0.2) is 29.7 Å². The monoisotopic (exact) mass is 242 g/mol. The van der Waals surface area contributed by atoms with Crippen LogP contribution in [-0.2, 0) is 4.79 Å². The second-order valence-corrected chi connectivity index (χ2v) is 5.03. The molecule has 0 radical (unpaired) electrons. The van der Waals surface area contributed by atoms with Crippen LogP contribution in [0.2, 0.25) is 0 Å². The SMILES string of the molecule is CCC(CCO)NC(=O)C1CCCCCC1N. The van der Waals surface area contributed by atoms with Gasteiger partial charge in [0, 0.05) is 18.7 Å². The van der Waals surface area contributed by atoms with Gasteiger partial charge in [-0.05, 0) is 25.7 Å². The summed E-state index contributed by atoms with van der Waals surface area (Å²) in [6.45, 7) is 2.14. The summed E-state index contributed by atoms with van der Waals surface area (Å²) >= 11 is 0. The van der Waals surface area contributed by atoms with Crippen LogP contribution in [0.15, 0.2) is 0 Å². The van der Waals surface area contributed by atoms with Gasteiger partial charge in [-0.2, -0.15) is 0 Å². The van der Waals surface area contributed by atoms with Gasteiger partial charge in [-0.15, -0.1) is 0 Å². The van der Waals surface area contributed by atoms with Crippen molar-refractivity contribution < 1.29 is 9.90 Å². The van der Waals surface area contributed by atoms with Crippen molar-refractivity contribution in [1.82, 2.24) is 5.32 Å². The van der Waals surface area contributed by atoms with Crippen LogP contribution in [0.4, 0.5) is 0 Å². The minimum absolute atomic E-state index is 0.00383. The van der Waals surface area contributed by atoms with E-state index in [9.17, 15) is 4.79 Å². The van der Waals surface area contributed by atoms with Crippen molar-refractivity contribution in [3.05, 3.63) is 0 Å². The molecule has 0 spiro atoms. The number of hydrogen-bond donors (Lipinski definition) is 3. The first kappa shape index (κ1) is 14.5. The maximum atomic E-state index is 12.1. The molecule has 0 aliphatic heterocycles. The van der Waals surface area contributed by atoms with Gasteiger partial charge in [-0.3, -0.25) is 4.79 Å². The van der Waals surface area contributed by atoms with Crippen molar-refractivity contribution in [2.24, 2.45) is 11.7 Å². The number of nitrogens with one attached hydrogen (secondary N) is 1. The fourth-order valence-corrected chi connectivity index (χ4v) is 2.50. The second-order valence-electron chi connectivity index (χ2n) is 5.03. The van der Waals surface area contributed by atoms with Crippen molar-refractivity contribution in [1.29, 1.82) is 0 Å². The number of nitrogens with two attached hydrogens (primary N) is 1. The van der Waals surface area contributed by atoms with Crippen molar-refractivity contribution >= 4 is 5.91 Å². The third-order valence-electron chi connectivity index (χ3n) is 3.72. The van der Waals surface area contributed by atoms with E-state index in [2.05, 4.69) is 5.32 Å². The Morgan fingerprint density at radius 1 is 1.41 bits per heavy atom. The maximum Gasteiger partial charge on any atom is 0.224 e. The molecule has 0 heterocycles. The van der Waals surface area contributed by atoms with Crippen LogP contribution in [0.1, 0.15) is 51.9 Å². The number of amides is 1. The Labute approximate surface area is 104 Å². The topological polar surface area (TPSA) is 75.3 Å². The number of carbonyl (C=O) groups excluding carboxylic acids is 1. The summed E-state index contributed by atoms with van der Waals surface area (Å²) in [5.41, 5.74) is 6.06. The highest BCUT2D eigenvalue weighted by Gasteiger charge is 2.27. The Bertz CT molecular complexity index is 233. The number of aliphatic hydroxyl groups excluding tert-OH is 1. The number of rotatable bonds is 5. The Morgan fingerprint density at radius 3 is 2.76 bits per heavy atom. The molecule has 4 nitrogen and oxygen atoms in total. The third-order valence-corrected chi connectivity index (χ3v) is 3.72. The van der Waals surface area contributed by atoms with Gasteiger partial charge in [-0.25, -0.2) is 0 Å². The molecule has 1 fully saturated rings. The van der Waals surface area contributed by atoms with E-state index in [0.29, 0.717) is 6.42 Å². The molecule has 0 aromatic heterocycles. The van der Waals surface area contributed by atoms with Crippen LogP contribution >= 0.6 is 0 Å². The van der Waals surface area contributed by atoms with Crippen LogP contribution in [0, 0.1) is 5.92 Å². The number of aliphatic hydroxyl groups is 1. The molecule has 4 N–H and O–H groups in total. The summed E-state index contributed by atoms with van der Waals surface area (Å²) in [5.74, 6) is 0.0462. The van der Waals surface area contributed by atoms with Crippen molar-refractivity contribution in [2.45, 2.75) is 64.0 Å². The lowest BCUT2D eigenvalue weighted by Gasteiger charge is -2.24. The summed E-state index contributed by atoms with van der Waals surface area (Å²) < 4.78 is 0. The molecule has 1 aliphatic carbocycles. The van der Waals surface area contributed by atoms with Gasteiger partial charge in [0.25, 0.3) is 0 Å². The molecular formula is C13H26N2O2. The van der Waals surface area contributed by atoms with Crippen LogP contribution in [0.3, 0.4) is 0 Å². The molecular weight excluding hydrogens is 216 g/mol. The average Bonchev–Trinajstić information content (AvgIpc) is 2.53. The van der Waals surface area contributed by atoms with E-state index in [4.69, 9.17) is 10.8 Å². The smallest absolute Gasteiger partial charge is 0.224 e. The van der Waals surface area contributed by atoms with Gasteiger partial charge in [-0.1, -0.05) is 26.2 Å². The summed E-state index contributed by atoms with van der Waals surface area (Å²) in [7, 11) is 0. The Kier molecular flexibility index (Phi) is 6.52. The van der Waals surface area contributed by atoms with Gasteiger partial charge in [0.05, 0.1) is 5.92 Å². The Balaban J connectivity index is 2.48. The standard InChI is InChI=1S/C13H26N2O2/c1-2-10(8-9-16)15-13(17)11-6-4-3-5-7-12(11)14/h10-12,16H,2-9,14H2,1H3,(H,15,17).